The maximum absolute atomic E-state index is 0. The minimum absolute atomic E-state index is 0. The van der Waals surface area contributed by atoms with Gasteiger partial charge in [0.2, 0.25) is 0 Å². The molecule has 0 radical (unpaired) electrons. The molecule has 0 saturated heterocycles. The molecule has 0 fully saturated rings. The van der Waals surface area contributed by atoms with E-state index >= 15 is 0 Å². The monoisotopic (exact) mass is 253 g/mol. The van der Waals surface area contributed by atoms with Gasteiger partial charge in [0, 0.05) is 0 Å². The zero-order chi connectivity index (χ0) is 0. The van der Waals surface area contributed by atoms with Crippen molar-refractivity contribution < 1.29 is 68.2 Å². The summed E-state index contributed by atoms with van der Waals surface area (Å²) in [7, 11) is 0. The van der Waals surface area contributed by atoms with Crippen LogP contribution in [0.2, 0.25) is 0 Å². The van der Waals surface area contributed by atoms with Crippen molar-refractivity contribution in [1.29, 1.82) is 0 Å². The van der Waals surface area contributed by atoms with Gasteiger partial charge in [-0.1, -0.05) is 0 Å². The molecule has 0 atom stereocenters. The molecule has 36 valence electrons. The Morgan fingerprint density at radius 3 is 0.500 bits per heavy atom. The van der Waals surface area contributed by atoms with E-state index in [-0.39, 0.29) is 91.2 Å². The van der Waals surface area contributed by atoms with E-state index in [0.29, 0.717) is 0 Å². The Labute approximate surface area is 89.6 Å². The molecule has 0 spiro atoms. The molecule has 0 aromatic rings. The van der Waals surface area contributed by atoms with E-state index in [1.807, 2.05) is 0 Å². The maximum atomic E-state index is 0. The third kappa shape index (κ3) is 36.4. The van der Waals surface area contributed by atoms with E-state index in [9.17, 15) is 0 Å². The van der Waals surface area contributed by atoms with E-state index in [0.717, 1.165) is 0 Å². The fraction of sp³-hybridized carbons (Fsp3) is 0. The topological polar surface area (TPSA) is 0 Å². The van der Waals surface area contributed by atoms with Crippen LogP contribution in [0.15, 0.2) is 0 Å². The molecule has 6 heavy (non-hydrogen) atoms. The molecule has 0 amide bonds. The Hall–Kier alpha value is 2.07. The van der Waals surface area contributed by atoms with Gasteiger partial charge in [-0.15, -0.1) is 0 Å². The standard InChI is InChI=1S/Eu.4FH.Mg/h;4*1H;/q+3;;;;;+2/p-4. The minimum Gasteiger partial charge on any atom is -1.00 e. The molecule has 0 aliphatic heterocycles. The van der Waals surface area contributed by atoms with E-state index in [1.165, 1.54) is 0 Å². The summed E-state index contributed by atoms with van der Waals surface area (Å²) in [4.78, 5) is 0. The van der Waals surface area contributed by atoms with Gasteiger partial charge < -0.3 is 18.8 Å². The van der Waals surface area contributed by atoms with Crippen LogP contribution in [0.5, 0.6) is 0 Å². The zero-order valence-electron chi connectivity index (χ0n) is 2.60. The number of rotatable bonds is 0. The summed E-state index contributed by atoms with van der Waals surface area (Å²) in [5, 5.41) is 0. The molecule has 0 N–H and O–H groups in total. The molecule has 0 heterocycles. The predicted octanol–water partition coefficient (Wildman–Crippen LogP) is -12.4. The summed E-state index contributed by atoms with van der Waals surface area (Å²) in [5.74, 6) is 0. The van der Waals surface area contributed by atoms with Crippen LogP contribution < -0.4 is 18.8 Å². The van der Waals surface area contributed by atoms with Crippen molar-refractivity contribution >= 4 is 23.1 Å². The van der Waals surface area contributed by atoms with Gasteiger partial charge in [-0.25, -0.2) is 0 Å². The second-order valence-corrected chi connectivity index (χ2v) is 0. The Balaban J connectivity index is 0. The summed E-state index contributed by atoms with van der Waals surface area (Å²) < 4.78 is 0. The average molecular weight is 252 g/mol. The molecular formula is EuF4Mg+. The molecule has 0 aliphatic carbocycles. The minimum atomic E-state index is 0. The molecule has 0 aromatic carbocycles. The van der Waals surface area contributed by atoms with Crippen LogP contribution in [-0.4, -0.2) is 23.1 Å². The van der Waals surface area contributed by atoms with E-state index < -0.39 is 0 Å². The number of hydrogen-bond donors (Lipinski definition) is 0. The number of hydrogen-bond acceptors (Lipinski definition) is 0. The molecule has 0 nitrogen and oxygen atoms in total. The molecule has 0 rings (SSSR count). The first-order valence-corrected chi connectivity index (χ1v) is 0. The largest absolute Gasteiger partial charge is 3.00 e. The van der Waals surface area contributed by atoms with Crippen LogP contribution in [0.3, 0.4) is 0 Å². The fourth-order valence-corrected chi connectivity index (χ4v) is 0. The van der Waals surface area contributed by atoms with Crippen molar-refractivity contribution in [3.8, 4) is 0 Å². The molecule has 0 bridgehead atoms. The van der Waals surface area contributed by atoms with Crippen LogP contribution in [0.1, 0.15) is 0 Å². The van der Waals surface area contributed by atoms with Crippen LogP contribution >= 0.6 is 0 Å². The summed E-state index contributed by atoms with van der Waals surface area (Å²) in [6.07, 6.45) is 0. The SMILES string of the molecule is [Eu+3].[F-].[F-].[F-].[F-].[Mg+2]. The quantitative estimate of drug-likeness (QED) is 0.297. The van der Waals surface area contributed by atoms with Gasteiger partial charge in [-0.05, 0) is 0 Å². The summed E-state index contributed by atoms with van der Waals surface area (Å²) in [6, 6.07) is 0. The van der Waals surface area contributed by atoms with Gasteiger partial charge in [-0.2, -0.15) is 0 Å². The second-order valence-electron chi connectivity index (χ2n) is 0. The molecule has 0 aromatic heterocycles. The van der Waals surface area contributed by atoms with Gasteiger partial charge in [0.25, 0.3) is 0 Å². The van der Waals surface area contributed by atoms with Crippen molar-refractivity contribution in [3.05, 3.63) is 0 Å². The predicted molar refractivity (Wildman–Crippen MR) is 5.75 cm³/mol. The van der Waals surface area contributed by atoms with Crippen LogP contribution in [0.4, 0.5) is 0 Å². The van der Waals surface area contributed by atoms with E-state index in [4.69, 9.17) is 0 Å². The maximum Gasteiger partial charge on any atom is 3.00 e. The van der Waals surface area contributed by atoms with E-state index in [1.54, 1.807) is 0 Å². The first kappa shape index (κ1) is 94.1. The van der Waals surface area contributed by atoms with Crippen molar-refractivity contribution in [2.24, 2.45) is 0 Å². The number of halogens is 4. The van der Waals surface area contributed by atoms with Crippen LogP contribution in [0.25, 0.3) is 0 Å². The smallest absolute Gasteiger partial charge is 1.00 e. The van der Waals surface area contributed by atoms with Gasteiger partial charge in [0.05, 0.1) is 0 Å². The van der Waals surface area contributed by atoms with Gasteiger partial charge in [-0.3, -0.25) is 0 Å². The summed E-state index contributed by atoms with van der Waals surface area (Å²) in [6.45, 7) is 0. The summed E-state index contributed by atoms with van der Waals surface area (Å²) in [5.41, 5.74) is 0. The first-order chi connectivity index (χ1) is 0. The van der Waals surface area contributed by atoms with Crippen LogP contribution in [-0.2, 0) is 0 Å². The second kappa shape index (κ2) is 60.8. The fourth-order valence-electron chi connectivity index (χ4n) is 0. The molecule has 6 heteroatoms. The Morgan fingerprint density at radius 1 is 0.500 bits per heavy atom. The van der Waals surface area contributed by atoms with Gasteiger partial charge in [0.15, 0.2) is 0 Å². The Morgan fingerprint density at radius 2 is 0.500 bits per heavy atom. The van der Waals surface area contributed by atoms with Crippen molar-refractivity contribution in [1.82, 2.24) is 0 Å². The molecule has 0 aliphatic rings. The van der Waals surface area contributed by atoms with Crippen molar-refractivity contribution in [3.63, 3.8) is 0 Å². The van der Waals surface area contributed by atoms with E-state index in [2.05, 4.69) is 0 Å². The molecule has 0 unspecified atom stereocenters. The Bertz CT molecular complexity index is 7.51. The zero-order valence-corrected chi connectivity index (χ0v) is 6.44. The third-order valence-electron chi connectivity index (χ3n) is 0. The average Bonchev–Trinajstić information content (AvgIpc) is 0. The normalized spacial score (nSPS) is 0. The summed E-state index contributed by atoms with van der Waals surface area (Å²) >= 11 is 0. The van der Waals surface area contributed by atoms with Crippen LogP contribution in [0, 0.1) is 49.4 Å². The van der Waals surface area contributed by atoms with Gasteiger partial charge in [0.1, 0.15) is 0 Å². The van der Waals surface area contributed by atoms with Crippen molar-refractivity contribution in [2.75, 3.05) is 0 Å². The third-order valence-corrected chi connectivity index (χ3v) is 0. The molecule has 0 saturated carbocycles. The Kier molecular flexibility index (Phi) is 953. The van der Waals surface area contributed by atoms with Crippen molar-refractivity contribution in [2.45, 2.75) is 0 Å². The molecular weight excluding hydrogens is 252 g/mol. The van der Waals surface area contributed by atoms with Gasteiger partial charge >= 0.3 is 72.4 Å². The first-order valence-electron chi connectivity index (χ1n) is 0.